The molecule has 0 aliphatic rings. The van der Waals surface area contributed by atoms with Gasteiger partial charge in [0.2, 0.25) is 0 Å². The summed E-state index contributed by atoms with van der Waals surface area (Å²) in [5.41, 5.74) is 1.92. The Kier molecular flexibility index (Phi) is 3.88. The normalized spacial score (nSPS) is 11.2. The van der Waals surface area contributed by atoms with E-state index in [-0.39, 0.29) is 5.91 Å². The summed E-state index contributed by atoms with van der Waals surface area (Å²) in [5, 5.41) is 11.3. The maximum Gasteiger partial charge on any atom is 0.276 e. The number of nitrogens with zero attached hydrogens (tertiary/aromatic N) is 5. The second-order valence-electron chi connectivity index (χ2n) is 5.31. The minimum absolute atomic E-state index is 0.234. The van der Waals surface area contributed by atoms with Crippen LogP contribution in [0.15, 0.2) is 42.9 Å². The summed E-state index contributed by atoms with van der Waals surface area (Å²) in [6.07, 6.45) is 5.28. The molecule has 0 aliphatic heterocycles. The van der Waals surface area contributed by atoms with Crippen LogP contribution in [0.4, 0.5) is 5.69 Å². The van der Waals surface area contributed by atoms with Gasteiger partial charge in [-0.15, -0.1) is 0 Å². The van der Waals surface area contributed by atoms with Crippen LogP contribution in [-0.2, 0) is 6.54 Å². The molecule has 1 amide bonds. The van der Waals surface area contributed by atoms with E-state index in [1.165, 1.54) is 0 Å². The highest BCUT2D eigenvalue weighted by Gasteiger charge is 2.12. The zero-order chi connectivity index (χ0) is 15.5. The standard InChI is InChI=1S/C15H18N6O/c1-19(2)9-10-20-8-6-12(18-20)15(22)17-13-11-16-21-7-4-3-5-14(13)21/h3-8,11H,9-10H2,1-2H3,(H,17,22). The number of hydrogen-bond acceptors (Lipinski definition) is 4. The van der Waals surface area contributed by atoms with Gasteiger partial charge >= 0.3 is 0 Å². The zero-order valence-electron chi connectivity index (χ0n) is 12.6. The minimum atomic E-state index is -0.234. The number of likely N-dealkylation sites (N-methyl/N-ethyl adjacent to an activating group) is 1. The van der Waals surface area contributed by atoms with E-state index >= 15 is 0 Å². The number of carbonyl (C=O) groups is 1. The molecule has 7 nitrogen and oxygen atoms in total. The van der Waals surface area contributed by atoms with Crippen LogP contribution in [0.2, 0.25) is 0 Å². The van der Waals surface area contributed by atoms with Gasteiger partial charge < -0.3 is 10.2 Å². The van der Waals surface area contributed by atoms with E-state index in [0.717, 1.165) is 18.6 Å². The summed E-state index contributed by atoms with van der Waals surface area (Å²) < 4.78 is 3.48. The van der Waals surface area contributed by atoms with Gasteiger partial charge in [-0.2, -0.15) is 10.2 Å². The lowest BCUT2D eigenvalue weighted by atomic mass is 10.3. The van der Waals surface area contributed by atoms with Crippen LogP contribution in [-0.4, -0.2) is 50.8 Å². The first-order valence-electron chi connectivity index (χ1n) is 7.05. The van der Waals surface area contributed by atoms with Gasteiger partial charge in [-0.1, -0.05) is 6.07 Å². The molecule has 22 heavy (non-hydrogen) atoms. The molecule has 3 aromatic rings. The molecule has 0 spiro atoms. The second kappa shape index (κ2) is 5.98. The lowest BCUT2D eigenvalue weighted by Crippen LogP contribution is -2.19. The Bertz CT molecular complexity index is 788. The van der Waals surface area contributed by atoms with E-state index < -0.39 is 0 Å². The van der Waals surface area contributed by atoms with Gasteiger partial charge in [-0.25, -0.2) is 4.52 Å². The third-order valence-electron chi connectivity index (χ3n) is 3.32. The maximum absolute atomic E-state index is 12.3. The average Bonchev–Trinajstić information content (AvgIpc) is 3.13. The molecule has 3 rings (SSSR count). The highest BCUT2D eigenvalue weighted by atomic mass is 16.2. The number of nitrogens with one attached hydrogen (secondary N) is 1. The molecule has 0 saturated heterocycles. The summed E-state index contributed by atoms with van der Waals surface area (Å²) in [7, 11) is 4.00. The molecule has 0 atom stereocenters. The van der Waals surface area contributed by atoms with Crippen molar-refractivity contribution in [1.82, 2.24) is 24.3 Å². The van der Waals surface area contributed by atoms with Crippen molar-refractivity contribution in [3.8, 4) is 0 Å². The van der Waals surface area contributed by atoms with Crippen molar-refractivity contribution >= 4 is 17.1 Å². The van der Waals surface area contributed by atoms with Gasteiger partial charge in [0.1, 0.15) is 0 Å². The molecule has 3 heterocycles. The topological polar surface area (TPSA) is 67.5 Å². The third-order valence-corrected chi connectivity index (χ3v) is 3.32. The Morgan fingerprint density at radius 3 is 2.95 bits per heavy atom. The van der Waals surface area contributed by atoms with Gasteiger partial charge in [-0.3, -0.25) is 9.48 Å². The molecule has 0 unspecified atom stereocenters. The Hall–Kier alpha value is -2.67. The molecule has 0 radical (unpaired) electrons. The second-order valence-corrected chi connectivity index (χ2v) is 5.31. The number of aromatic nitrogens is 4. The third kappa shape index (κ3) is 2.99. The fourth-order valence-corrected chi connectivity index (χ4v) is 2.13. The average molecular weight is 298 g/mol. The van der Waals surface area contributed by atoms with Crippen LogP contribution < -0.4 is 5.32 Å². The van der Waals surface area contributed by atoms with E-state index in [1.807, 2.05) is 44.7 Å². The van der Waals surface area contributed by atoms with Crippen LogP contribution >= 0.6 is 0 Å². The predicted octanol–water partition coefficient (Wildman–Crippen LogP) is 1.34. The fourth-order valence-electron chi connectivity index (χ4n) is 2.13. The lowest BCUT2D eigenvalue weighted by molar-refractivity contribution is 0.102. The van der Waals surface area contributed by atoms with Crippen molar-refractivity contribution in [1.29, 1.82) is 0 Å². The molecule has 7 heteroatoms. The Morgan fingerprint density at radius 2 is 2.14 bits per heavy atom. The van der Waals surface area contributed by atoms with Crippen LogP contribution in [0.1, 0.15) is 10.5 Å². The predicted molar refractivity (Wildman–Crippen MR) is 83.9 cm³/mol. The highest BCUT2D eigenvalue weighted by molar-refractivity contribution is 6.04. The number of pyridine rings is 1. The molecule has 114 valence electrons. The van der Waals surface area contributed by atoms with Crippen LogP contribution in [0.5, 0.6) is 0 Å². The Labute approximate surface area is 128 Å². The SMILES string of the molecule is CN(C)CCn1ccc(C(=O)Nc2cnn3ccccc23)n1. The summed E-state index contributed by atoms with van der Waals surface area (Å²) in [4.78, 5) is 14.3. The summed E-state index contributed by atoms with van der Waals surface area (Å²) in [6, 6.07) is 7.41. The maximum atomic E-state index is 12.3. The first kappa shape index (κ1) is 14.3. The van der Waals surface area contributed by atoms with Crippen LogP contribution in [0.25, 0.3) is 5.52 Å². The monoisotopic (exact) mass is 298 g/mol. The highest BCUT2D eigenvalue weighted by Crippen LogP contribution is 2.16. The van der Waals surface area contributed by atoms with E-state index in [4.69, 9.17) is 0 Å². The molecule has 0 aromatic carbocycles. The Morgan fingerprint density at radius 1 is 1.27 bits per heavy atom. The molecule has 0 fully saturated rings. The lowest BCUT2D eigenvalue weighted by Gasteiger charge is -2.08. The van der Waals surface area contributed by atoms with Gasteiger partial charge in [0.25, 0.3) is 5.91 Å². The van der Waals surface area contributed by atoms with E-state index in [9.17, 15) is 4.79 Å². The summed E-state index contributed by atoms with van der Waals surface area (Å²) in [5.74, 6) is -0.234. The van der Waals surface area contributed by atoms with Gasteiger partial charge in [0, 0.05) is 18.9 Å². The Balaban J connectivity index is 1.72. The minimum Gasteiger partial charge on any atom is -0.317 e. The van der Waals surface area contributed by atoms with Crippen molar-refractivity contribution in [3.05, 3.63) is 48.5 Å². The molecule has 0 aliphatic carbocycles. The number of carbonyl (C=O) groups excluding carboxylic acids is 1. The van der Waals surface area contributed by atoms with Gasteiger partial charge in [-0.05, 0) is 32.3 Å². The summed E-state index contributed by atoms with van der Waals surface area (Å²) in [6.45, 7) is 1.62. The molecular weight excluding hydrogens is 280 g/mol. The van der Waals surface area contributed by atoms with Crippen molar-refractivity contribution in [3.63, 3.8) is 0 Å². The number of anilines is 1. The molecular formula is C15H18N6O. The van der Waals surface area contributed by atoms with Crippen molar-refractivity contribution in [2.45, 2.75) is 6.54 Å². The van der Waals surface area contributed by atoms with Crippen LogP contribution in [0, 0.1) is 0 Å². The molecule has 0 bridgehead atoms. The van der Waals surface area contributed by atoms with Gasteiger partial charge in [0.15, 0.2) is 5.69 Å². The number of amides is 1. The molecule has 3 aromatic heterocycles. The largest absolute Gasteiger partial charge is 0.317 e. The van der Waals surface area contributed by atoms with E-state index in [2.05, 4.69) is 20.4 Å². The quantitative estimate of drug-likeness (QED) is 0.772. The smallest absolute Gasteiger partial charge is 0.276 e. The first-order chi connectivity index (χ1) is 10.6. The number of rotatable bonds is 5. The summed E-state index contributed by atoms with van der Waals surface area (Å²) >= 11 is 0. The molecule has 1 N–H and O–H groups in total. The molecule has 0 saturated carbocycles. The van der Waals surface area contributed by atoms with Gasteiger partial charge in [0.05, 0.1) is 23.9 Å². The fraction of sp³-hybridized carbons (Fsp3) is 0.267. The number of fused-ring (bicyclic) bond motifs is 1. The van der Waals surface area contributed by atoms with E-state index in [0.29, 0.717) is 11.4 Å². The van der Waals surface area contributed by atoms with Crippen molar-refractivity contribution in [2.24, 2.45) is 0 Å². The van der Waals surface area contributed by atoms with Crippen molar-refractivity contribution < 1.29 is 4.79 Å². The number of hydrogen-bond donors (Lipinski definition) is 1. The zero-order valence-corrected chi connectivity index (χ0v) is 12.6. The van der Waals surface area contributed by atoms with Crippen LogP contribution in [0.3, 0.4) is 0 Å². The van der Waals surface area contributed by atoms with Crippen molar-refractivity contribution in [2.75, 3.05) is 26.0 Å². The first-order valence-corrected chi connectivity index (χ1v) is 7.05. The van der Waals surface area contributed by atoms with E-state index in [1.54, 1.807) is 21.5 Å².